The van der Waals surface area contributed by atoms with E-state index in [0.29, 0.717) is 48.5 Å². The number of esters is 1. The van der Waals surface area contributed by atoms with Crippen LogP contribution in [0.3, 0.4) is 0 Å². The van der Waals surface area contributed by atoms with Gasteiger partial charge in [-0.2, -0.15) is 0 Å². The number of furan rings is 1. The number of non-ortho nitro benzene ring substituents is 1. The number of thiazole rings is 1. The van der Waals surface area contributed by atoms with Gasteiger partial charge in [0.2, 0.25) is 0 Å². The Morgan fingerprint density at radius 1 is 1.12 bits per heavy atom. The first-order valence-corrected chi connectivity index (χ1v) is 13.2. The molecule has 0 unspecified atom stereocenters. The number of benzene rings is 2. The molecule has 0 amide bonds. The summed E-state index contributed by atoms with van der Waals surface area (Å²) in [6.07, 6.45) is 1.56. The highest BCUT2D eigenvalue weighted by Crippen LogP contribution is 2.37. The summed E-state index contributed by atoms with van der Waals surface area (Å²) in [4.78, 5) is 42.3. The lowest BCUT2D eigenvalue weighted by molar-refractivity contribution is -0.384. The van der Waals surface area contributed by atoms with Gasteiger partial charge in [0.15, 0.2) is 4.80 Å². The minimum Gasteiger partial charge on any atom is -0.496 e. The zero-order valence-electron chi connectivity index (χ0n) is 22.2. The van der Waals surface area contributed by atoms with Gasteiger partial charge < -0.3 is 18.6 Å². The van der Waals surface area contributed by atoms with E-state index in [4.69, 9.17) is 30.2 Å². The van der Waals surface area contributed by atoms with Crippen molar-refractivity contribution in [3.63, 3.8) is 0 Å². The van der Waals surface area contributed by atoms with Crippen LogP contribution < -0.4 is 24.4 Å². The number of halogens is 1. The minimum atomic E-state index is -0.911. The van der Waals surface area contributed by atoms with Crippen LogP contribution in [0.25, 0.3) is 17.4 Å². The minimum absolute atomic E-state index is 0.119. The van der Waals surface area contributed by atoms with Gasteiger partial charge in [0.25, 0.3) is 11.2 Å². The van der Waals surface area contributed by atoms with Crippen LogP contribution in [0.15, 0.2) is 74.0 Å². The van der Waals surface area contributed by atoms with Crippen LogP contribution in [0.5, 0.6) is 11.5 Å². The molecule has 0 N–H and O–H groups in total. The second-order valence-corrected chi connectivity index (χ2v) is 10.2. The molecule has 0 aliphatic carbocycles. The van der Waals surface area contributed by atoms with Crippen molar-refractivity contribution in [1.29, 1.82) is 0 Å². The number of carbonyl (C=O) groups is 1. The number of allylic oxidation sites excluding steroid dienone is 1. The average molecular weight is 596 g/mol. The Balaban J connectivity index is 1.65. The van der Waals surface area contributed by atoms with E-state index < -0.39 is 22.5 Å². The molecular weight excluding hydrogens is 574 g/mol. The Bertz CT molecular complexity index is 1920. The van der Waals surface area contributed by atoms with E-state index in [2.05, 4.69) is 4.99 Å². The van der Waals surface area contributed by atoms with E-state index in [1.165, 1.54) is 44.1 Å². The van der Waals surface area contributed by atoms with Gasteiger partial charge in [0, 0.05) is 22.7 Å². The number of ether oxygens (including phenoxy) is 3. The van der Waals surface area contributed by atoms with Gasteiger partial charge in [0.1, 0.15) is 29.1 Å². The number of methoxy groups -OCH3 is 3. The van der Waals surface area contributed by atoms with Crippen LogP contribution in [0.1, 0.15) is 24.3 Å². The maximum atomic E-state index is 13.8. The molecule has 13 heteroatoms. The van der Waals surface area contributed by atoms with Crippen molar-refractivity contribution in [2.45, 2.75) is 13.0 Å². The summed E-state index contributed by atoms with van der Waals surface area (Å²) in [5, 5.41) is 11.5. The summed E-state index contributed by atoms with van der Waals surface area (Å²) >= 11 is 7.44. The van der Waals surface area contributed by atoms with Crippen molar-refractivity contribution in [3.8, 4) is 22.8 Å². The monoisotopic (exact) mass is 595 g/mol. The van der Waals surface area contributed by atoms with Crippen LogP contribution in [0.2, 0.25) is 5.02 Å². The highest BCUT2D eigenvalue weighted by molar-refractivity contribution is 7.07. The number of nitro benzene ring substituents is 1. The van der Waals surface area contributed by atoms with E-state index in [-0.39, 0.29) is 17.0 Å². The van der Waals surface area contributed by atoms with Crippen molar-refractivity contribution >= 4 is 40.7 Å². The number of hydrogen-bond acceptors (Lipinski definition) is 10. The van der Waals surface area contributed by atoms with Gasteiger partial charge in [-0.15, -0.1) is 0 Å². The summed E-state index contributed by atoms with van der Waals surface area (Å²) in [7, 11) is 4.15. The maximum Gasteiger partial charge on any atom is 0.338 e. The summed E-state index contributed by atoms with van der Waals surface area (Å²) in [6, 6.07) is 11.6. The number of aromatic nitrogens is 1. The first-order valence-electron chi connectivity index (χ1n) is 12.0. The van der Waals surface area contributed by atoms with E-state index in [9.17, 15) is 19.7 Å². The van der Waals surface area contributed by atoms with Crippen LogP contribution in [0.4, 0.5) is 5.69 Å². The van der Waals surface area contributed by atoms with Crippen LogP contribution >= 0.6 is 22.9 Å². The molecule has 0 saturated heterocycles. The highest BCUT2D eigenvalue weighted by atomic mass is 35.5. The Morgan fingerprint density at radius 3 is 2.56 bits per heavy atom. The third-order valence-corrected chi connectivity index (χ3v) is 7.69. The summed E-state index contributed by atoms with van der Waals surface area (Å²) in [5.74, 6) is 0.798. The molecular formula is C28H22ClN3O8S. The maximum absolute atomic E-state index is 13.8. The molecule has 4 aromatic rings. The molecule has 5 rings (SSSR count). The lowest BCUT2D eigenvalue weighted by Gasteiger charge is -2.25. The first kappa shape index (κ1) is 27.9. The van der Waals surface area contributed by atoms with E-state index in [1.807, 2.05) is 0 Å². The number of carbonyl (C=O) groups excluding carboxylic acids is 1. The fourth-order valence-corrected chi connectivity index (χ4v) is 5.81. The lowest BCUT2D eigenvalue weighted by Crippen LogP contribution is -2.40. The average Bonchev–Trinajstić information content (AvgIpc) is 3.55. The smallest absolute Gasteiger partial charge is 0.338 e. The Labute approximate surface area is 241 Å². The molecule has 0 radical (unpaired) electrons. The molecule has 1 aliphatic rings. The van der Waals surface area contributed by atoms with Crippen molar-refractivity contribution in [2.75, 3.05) is 21.3 Å². The largest absolute Gasteiger partial charge is 0.496 e. The molecule has 2 aromatic heterocycles. The third kappa shape index (κ3) is 5.03. The zero-order chi connectivity index (χ0) is 29.4. The van der Waals surface area contributed by atoms with Crippen molar-refractivity contribution in [2.24, 2.45) is 4.99 Å². The van der Waals surface area contributed by atoms with Crippen LogP contribution in [0, 0.1) is 10.1 Å². The number of fused-ring (bicyclic) bond motifs is 1. The summed E-state index contributed by atoms with van der Waals surface area (Å²) < 4.78 is 23.6. The molecule has 210 valence electrons. The fourth-order valence-electron chi connectivity index (χ4n) is 4.61. The van der Waals surface area contributed by atoms with E-state index in [0.717, 1.165) is 11.3 Å². The SMILES string of the molecule is COC(=O)C1=C(C)N=c2s/c(=C\c3ccc(-c4ccc([N+](=O)[O-])cc4OC)o3)c(=O)n2[C@@H]1c1cc(Cl)ccc1OC. The van der Waals surface area contributed by atoms with Gasteiger partial charge in [-0.3, -0.25) is 19.5 Å². The molecule has 0 fully saturated rings. The highest BCUT2D eigenvalue weighted by Gasteiger charge is 2.35. The Kier molecular flexibility index (Phi) is 7.52. The van der Waals surface area contributed by atoms with Gasteiger partial charge in [-0.1, -0.05) is 22.9 Å². The molecule has 3 heterocycles. The molecule has 1 atom stereocenters. The number of nitro groups is 1. The van der Waals surface area contributed by atoms with Gasteiger partial charge in [-0.25, -0.2) is 9.79 Å². The second-order valence-electron chi connectivity index (χ2n) is 8.80. The normalized spacial score (nSPS) is 14.9. The number of hydrogen-bond donors (Lipinski definition) is 0. The predicted molar refractivity (Wildman–Crippen MR) is 151 cm³/mol. The van der Waals surface area contributed by atoms with E-state index >= 15 is 0 Å². The topological polar surface area (TPSA) is 135 Å². The zero-order valence-corrected chi connectivity index (χ0v) is 23.7. The fraction of sp³-hybridized carbons (Fsp3) is 0.179. The van der Waals surface area contributed by atoms with Gasteiger partial charge in [-0.05, 0) is 43.3 Å². The standard InChI is InChI=1S/C28H22ClN3O8S/c1-14-24(27(34)39-4)25(19-11-15(29)5-9-20(19)37-2)31-26(33)23(41-28(31)30-14)13-17-7-10-21(40-17)18-8-6-16(32(35)36)12-22(18)38-3/h5-13,25H,1-4H3/b23-13-/t25-/m1/s1. The predicted octanol–water partition coefficient (Wildman–Crippen LogP) is 4.25. The molecule has 0 bridgehead atoms. The van der Waals surface area contributed by atoms with Crippen molar-refractivity contribution < 1.29 is 28.3 Å². The van der Waals surface area contributed by atoms with Gasteiger partial charge >= 0.3 is 5.97 Å². The molecule has 1 aliphatic heterocycles. The summed E-state index contributed by atoms with van der Waals surface area (Å²) in [5.41, 5.74) is 1.03. The van der Waals surface area contributed by atoms with Crippen LogP contribution in [-0.4, -0.2) is 36.8 Å². The lowest BCUT2D eigenvalue weighted by atomic mass is 9.95. The molecule has 41 heavy (non-hydrogen) atoms. The van der Waals surface area contributed by atoms with Crippen LogP contribution in [-0.2, 0) is 9.53 Å². The van der Waals surface area contributed by atoms with Crippen molar-refractivity contribution in [1.82, 2.24) is 4.57 Å². The Hall–Kier alpha value is -4.68. The third-order valence-electron chi connectivity index (χ3n) is 6.47. The van der Waals surface area contributed by atoms with Crippen molar-refractivity contribution in [3.05, 3.63) is 106 Å². The second kappa shape index (κ2) is 11.1. The Morgan fingerprint density at radius 2 is 1.88 bits per heavy atom. The number of nitrogens with zero attached hydrogens (tertiary/aromatic N) is 3. The summed E-state index contributed by atoms with van der Waals surface area (Å²) in [6.45, 7) is 1.67. The van der Waals surface area contributed by atoms with E-state index in [1.54, 1.807) is 43.3 Å². The molecule has 0 saturated carbocycles. The molecule has 0 spiro atoms. The number of rotatable bonds is 7. The van der Waals surface area contributed by atoms with Gasteiger partial charge in [0.05, 0.1) is 53.7 Å². The molecule has 2 aromatic carbocycles. The molecule has 11 nitrogen and oxygen atoms in total. The first-order chi connectivity index (χ1) is 19.7. The quantitative estimate of drug-likeness (QED) is 0.176.